The lowest BCUT2D eigenvalue weighted by Gasteiger charge is -2.13. The van der Waals surface area contributed by atoms with E-state index in [9.17, 15) is 13.6 Å². The van der Waals surface area contributed by atoms with Gasteiger partial charge >= 0.3 is 6.61 Å². The van der Waals surface area contributed by atoms with Gasteiger partial charge in [0.25, 0.3) is 5.91 Å². The van der Waals surface area contributed by atoms with Crippen LogP contribution in [0.15, 0.2) is 47.6 Å². The molecule has 0 unspecified atom stereocenters. The molecular weight excluding hydrogens is 374 g/mol. The number of amides is 1. The Labute approximate surface area is 160 Å². The predicted octanol–water partition coefficient (Wildman–Crippen LogP) is 3.22. The van der Waals surface area contributed by atoms with Crippen LogP contribution < -0.4 is 24.4 Å². The average Bonchev–Trinajstić information content (AvgIpc) is 2.69. The summed E-state index contributed by atoms with van der Waals surface area (Å²) in [6, 6.07) is 11.3. The molecule has 9 heteroatoms. The van der Waals surface area contributed by atoms with E-state index in [0.29, 0.717) is 11.5 Å². The second kappa shape index (κ2) is 10.7. The maximum Gasteiger partial charge on any atom is 0.387 e. The molecular formula is C19H20F2N2O5. The lowest BCUT2D eigenvalue weighted by molar-refractivity contribution is -0.123. The van der Waals surface area contributed by atoms with Crippen molar-refractivity contribution in [3.63, 3.8) is 0 Å². The molecule has 2 rings (SSSR count). The van der Waals surface area contributed by atoms with E-state index in [1.165, 1.54) is 18.3 Å². The third-order valence-electron chi connectivity index (χ3n) is 3.34. The number of methoxy groups -OCH3 is 1. The van der Waals surface area contributed by atoms with Crippen molar-refractivity contribution in [1.82, 2.24) is 5.43 Å². The average molecular weight is 394 g/mol. The van der Waals surface area contributed by atoms with Crippen LogP contribution in [0.2, 0.25) is 0 Å². The molecule has 0 aliphatic rings. The molecule has 0 radical (unpaired) electrons. The first-order chi connectivity index (χ1) is 13.5. The van der Waals surface area contributed by atoms with Crippen LogP contribution in [0, 0.1) is 0 Å². The van der Waals surface area contributed by atoms with Gasteiger partial charge in [-0.1, -0.05) is 6.07 Å². The van der Waals surface area contributed by atoms with Crippen molar-refractivity contribution in [2.75, 3.05) is 20.3 Å². The summed E-state index contributed by atoms with van der Waals surface area (Å²) in [5.74, 6) is 0.617. The SMILES string of the molecule is CCOc1cccc(/C=N\NC(=O)COc2ccc(OC)cc2)c1OC(F)F. The Bertz CT molecular complexity index is 797. The molecule has 2 aromatic rings. The van der Waals surface area contributed by atoms with Crippen molar-refractivity contribution in [2.24, 2.45) is 5.10 Å². The summed E-state index contributed by atoms with van der Waals surface area (Å²) in [5.41, 5.74) is 2.48. The van der Waals surface area contributed by atoms with Gasteiger partial charge in [-0.25, -0.2) is 5.43 Å². The highest BCUT2D eigenvalue weighted by atomic mass is 19.3. The standard InChI is InChI=1S/C19H20F2N2O5/c1-3-26-16-6-4-5-13(18(16)28-19(20)21)11-22-23-17(24)12-27-15-9-7-14(25-2)8-10-15/h4-11,19H,3,12H2,1-2H3,(H,23,24)/b22-11-. The highest BCUT2D eigenvalue weighted by Crippen LogP contribution is 2.31. The van der Waals surface area contributed by atoms with E-state index in [0.717, 1.165) is 0 Å². The molecule has 0 saturated heterocycles. The van der Waals surface area contributed by atoms with Crippen LogP contribution in [0.3, 0.4) is 0 Å². The van der Waals surface area contributed by atoms with Gasteiger partial charge in [0, 0.05) is 5.56 Å². The van der Waals surface area contributed by atoms with Crippen LogP contribution in [-0.4, -0.2) is 39.1 Å². The van der Waals surface area contributed by atoms with Crippen LogP contribution in [0.1, 0.15) is 12.5 Å². The molecule has 7 nitrogen and oxygen atoms in total. The molecule has 150 valence electrons. The Morgan fingerprint density at radius 1 is 1.14 bits per heavy atom. The number of nitrogens with one attached hydrogen (secondary N) is 1. The van der Waals surface area contributed by atoms with Gasteiger partial charge in [0.05, 0.1) is 19.9 Å². The molecule has 0 atom stereocenters. The van der Waals surface area contributed by atoms with Crippen molar-refractivity contribution >= 4 is 12.1 Å². The first-order valence-corrected chi connectivity index (χ1v) is 8.32. The summed E-state index contributed by atoms with van der Waals surface area (Å²) in [4.78, 5) is 11.8. The third kappa shape index (κ3) is 6.42. The zero-order valence-corrected chi connectivity index (χ0v) is 15.4. The van der Waals surface area contributed by atoms with Crippen LogP contribution in [-0.2, 0) is 4.79 Å². The molecule has 1 N–H and O–H groups in total. The predicted molar refractivity (Wildman–Crippen MR) is 98.5 cm³/mol. The van der Waals surface area contributed by atoms with Gasteiger partial charge in [0.15, 0.2) is 18.1 Å². The molecule has 0 heterocycles. The quantitative estimate of drug-likeness (QED) is 0.495. The summed E-state index contributed by atoms with van der Waals surface area (Å²) >= 11 is 0. The lowest BCUT2D eigenvalue weighted by atomic mass is 10.2. The monoisotopic (exact) mass is 394 g/mol. The highest BCUT2D eigenvalue weighted by molar-refractivity contribution is 5.86. The van der Waals surface area contributed by atoms with E-state index in [1.807, 2.05) is 0 Å². The zero-order valence-electron chi connectivity index (χ0n) is 15.4. The molecule has 0 aliphatic heterocycles. The van der Waals surface area contributed by atoms with E-state index in [-0.39, 0.29) is 30.3 Å². The number of hydrazone groups is 1. The number of para-hydroxylation sites is 1. The number of hydrogen-bond acceptors (Lipinski definition) is 6. The van der Waals surface area contributed by atoms with Crippen molar-refractivity contribution < 1.29 is 32.5 Å². The fourth-order valence-corrected chi connectivity index (χ4v) is 2.15. The van der Waals surface area contributed by atoms with Gasteiger partial charge in [0.2, 0.25) is 0 Å². The second-order valence-electron chi connectivity index (χ2n) is 5.24. The molecule has 0 fully saturated rings. The van der Waals surface area contributed by atoms with Crippen LogP contribution in [0.4, 0.5) is 8.78 Å². The Balaban J connectivity index is 1.95. The maximum absolute atomic E-state index is 12.7. The van der Waals surface area contributed by atoms with Gasteiger partial charge < -0.3 is 18.9 Å². The zero-order chi connectivity index (χ0) is 20.4. The summed E-state index contributed by atoms with van der Waals surface area (Å²) < 4.78 is 45.5. The first kappa shape index (κ1) is 20.9. The van der Waals surface area contributed by atoms with Gasteiger partial charge in [-0.3, -0.25) is 4.79 Å². The molecule has 0 spiro atoms. The minimum Gasteiger partial charge on any atom is -0.497 e. The number of nitrogens with zero attached hydrogens (tertiary/aromatic N) is 1. The summed E-state index contributed by atoms with van der Waals surface area (Å²) in [6.07, 6.45) is 1.19. The number of alkyl halides is 2. The van der Waals surface area contributed by atoms with Gasteiger partial charge in [-0.05, 0) is 43.3 Å². The normalized spacial score (nSPS) is 10.8. The van der Waals surface area contributed by atoms with E-state index in [4.69, 9.17) is 14.2 Å². The Hall–Kier alpha value is -3.36. The fourth-order valence-electron chi connectivity index (χ4n) is 2.15. The molecule has 28 heavy (non-hydrogen) atoms. The number of carbonyl (C=O) groups is 1. The summed E-state index contributed by atoms with van der Waals surface area (Å²) in [6.45, 7) is -1.31. The Morgan fingerprint density at radius 2 is 1.86 bits per heavy atom. The minimum absolute atomic E-state index is 0.154. The van der Waals surface area contributed by atoms with Crippen molar-refractivity contribution in [3.8, 4) is 23.0 Å². The molecule has 0 aliphatic carbocycles. The van der Waals surface area contributed by atoms with E-state index < -0.39 is 12.5 Å². The van der Waals surface area contributed by atoms with Gasteiger partial charge in [-0.2, -0.15) is 13.9 Å². The number of carbonyl (C=O) groups excluding carboxylic acids is 1. The Morgan fingerprint density at radius 3 is 2.50 bits per heavy atom. The molecule has 0 aromatic heterocycles. The van der Waals surface area contributed by atoms with E-state index in [1.54, 1.807) is 44.4 Å². The number of halogens is 2. The fraction of sp³-hybridized carbons (Fsp3) is 0.263. The molecule has 2 aromatic carbocycles. The largest absolute Gasteiger partial charge is 0.497 e. The van der Waals surface area contributed by atoms with Crippen LogP contribution in [0.5, 0.6) is 23.0 Å². The molecule has 0 saturated carbocycles. The number of hydrogen-bond donors (Lipinski definition) is 1. The summed E-state index contributed by atoms with van der Waals surface area (Å²) in [7, 11) is 1.54. The number of benzene rings is 2. The molecule has 0 bridgehead atoms. The Kier molecular flexibility index (Phi) is 8.01. The van der Waals surface area contributed by atoms with E-state index >= 15 is 0 Å². The van der Waals surface area contributed by atoms with E-state index in [2.05, 4.69) is 15.3 Å². The van der Waals surface area contributed by atoms with Crippen LogP contribution >= 0.6 is 0 Å². The summed E-state index contributed by atoms with van der Waals surface area (Å²) in [5, 5.41) is 3.75. The third-order valence-corrected chi connectivity index (χ3v) is 3.34. The topological polar surface area (TPSA) is 78.4 Å². The van der Waals surface area contributed by atoms with Crippen LogP contribution in [0.25, 0.3) is 0 Å². The van der Waals surface area contributed by atoms with Crippen molar-refractivity contribution in [3.05, 3.63) is 48.0 Å². The van der Waals surface area contributed by atoms with Gasteiger partial charge in [-0.15, -0.1) is 0 Å². The van der Waals surface area contributed by atoms with Crippen molar-refractivity contribution in [2.45, 2.75) is 13.5 Å². The van der Waals surface area contributed by atoms with Gasteiger partial charge in [0.1, 0.15) is 11.5 Å². The lowest BCUT2D eigenvalue weighted by Crippen LogP contribution is -2.24. The smallest absolute Gasteiger partial charge is 0.387 e. The maximum atomic E-state index is 12.7. The highest BCUT2D eigenvalue weighted by Gasteiger charge is 2.14. The van der Waals surface area contributed by atoms with Crippen molar-refractivity contribution in [1.29, 1.82) is 0 Å². The number of ether oxygens (including phenoxy) is 4. The first-order valence-electron chi connectivity index (χ1n) is 8.32. The molecule has 1 amide bonds. The second-order valence-corrected chi connectivity index (χ2v) is 5.24. The number of rotatable bonds is 10. The minimum atomic E-state index is -3.03.